The molecular weight excluding hydrogens is 348 g/mol. The average molecular weight is 369 g/mol. The van der Waals surface area contributed by atoms with Crippen LogP contribution in [0, 0.1) is 0 Å². The van der Waals surface area contributed by atoms with E-state index in [2.05, 4.69) is 0 Å². The van der Waals surface area contributed by atoms with Crippen LogP contribution in [0.4, 0.5) is 0 Å². The maximum absolute atomic E-state index is 12.7. The molecule has 2 aromatic carbocycles. The highest BCUT2D eigenvalue weighted by atomic mass is 16.6. The Morgan fingerprint density at radius 2 is 1.30 bits per heavy atom. The summed E-state index contributed by atoms with van der Waals surface area (Å²) in [6, 6.07) is 16.8. The van der Waals surface area contributed by atoms with E-state index in [1.54, 1.807) is 81.4 Å². The predicted molar refractivity (Wildman–Crippen MR) is 97.1 cm³/mol. The molecule has 0 heterocycles. The minimum atomic E-state index is -1.34. The fourth-order valence-corrected chi connectivity index (χ4v) is 2.34. The highest BCUT2D eigenvalue weighted by molar-refractivity contribution is 5.83. The number of ether oxygens (including phenoxy) is 3. The van der Waals surface area contributed by atoms with Crippen molar-refractivity contribution in [2.24, 2.45) is 0 Å². The fourth-order valence-electron chi connectivity index (χ4n) is 2.34. The Labute approximate surface area is 158 Å². The molecule has 0 aliphatic carbocycles. The monoisotopic (exact) mass is 369 g/mol. The summed E-state index contributed by atoms with van der Waals surface area (Å²) in [4.78, 5) is 36.0. The molecule has 0 aliphatic heterocycles. The van der Waals surface area contributed by atoms with E-state index in [0.29, 0.717) is 11.1 Å². The van der Waals surface area contributed by atoms with Crippen LogP contribution in [0.5, 0.6) is 0 Å². The predicted octanol–water partition coefficient (Wildman–Crippen LogP) is 3.44. The van der Waals surface area contributed by atoms with Gasteiger partial charge in [0, 0.05) is 11.1 Å². The van der Waals surface area contributed by atoms with Crippen molar-refractivity contribution in [3.05, 3.63) is 71.8 Å². The van der Waals surface area contributed by atoms with Gasteiger partial charge in [-0.2, -0.15) is 0 Å². The molecule has 6 nitrogen and oxygen atoms in total. The molecule has 2 rings (SSSR count). The summed E-state index contributed by atoms with van der Waals surface area (Å²) in [5.74, 6) is -1.62. The molecule has 6 heteroatoms. The van der Waals surface area contributed by atoms with Crippen LogP contribution in [0.15, 0.2) is 60.7 Å². The Kier molecular flexibility index (Phi) is 6.71. The van der Waals surface area contributed by atoms with E-state index in [-0.39, 0.29) is 0 Å². The normalized spacial score (nSPS) is 13.1. The largest absolute Gasteiger partial charge is 0.457 e. The second-order valence-electron chi connectivity index (χ2n) is 6.75. The number of hydrogen-bond donors (Lipinski definition) is 0. The number of esters is 2. The van der Waals surface area contributed by atoms with E-state index < -0.39 is 29.7 Å². The molecule has 0 aromatic heterocycles. The third-order valence-electron chi connectivity index (χ3n) is 3.44. The van der Waals surface area contributed by atoms with E-state index in [1.807, 2.05) is 0 Å². The number of carbonyl (C=O) groups is 2. The van der Waals surface area contributed by atoms with Gasteiger partial charge in [0.25, 0.3) is 0 Å². The molecule has 2 atom stereocenters. The lowest BCUT2D eigenvalue weighted by atomic mass is 10.1. The van der Waals surface area contributed by atoms with E-state index in [4.69, 9.17) is 14.2 Å². The Morgan fingerprint density at radius 1 is 0.815 bits per heavy atom. The Bertz CT molecular complexity index is 764. The maximum Gasteiger partial charge on any atom is 0.418 e. The van der Waals surface area contributed by atoms with Gasteiger partial charge < -0.3 is 14.2 Å². The first kappa shape index (κ1) is 20.2. The molecule has 0 amide bonds. The van der Waals surface area contributed by atoms with Crippen LogP contribution in [0.3, 0.4) is 0 Å². The number of benzene rings is 2. The van der Waals surface area contributed by atoms with Gasteiger partial charge >= 0.3 is 18.4 Å². The van der Waals surface area contributed by atoms with Crippen molar-refractivity contribution in [2.45, 2.75) is 38.6 Å². The highest BCUT2D eigenvalue weighted by Gasteiger charge is 2.34. The van der Waals surface area contributed by atoms with Crippen LogP contribution in [-0.2, 0) is 28.6 Å². The van der Waals surface area contributed by atoms with Crippen LogP contribution >= 0.6 is 0 Å². The van der Waals surface area contributed by atoms with E-state index >= 15 is 0 Å². The van der Waals surface area contributed by atoms with Gasteiger partial charge in [-0.3, -0.25) is 0 Å². The number of carbonyl (C=O) groups excluding carboxylic acids is 3. The maximum atomic E-state index is 12.7. The van der Waals surface area contributed by atoms with Crippen molar-refractivity contribution in [1.82, 2.24) is 0 Å². The van der Waals surface area contributed by atoms with Crippen LogP contribution in [0.25, 0.3) is 0 Å². The zero-order chi connectivity index (χ0) is 19.9. The van der Waals surface area contributed by atoms with Gasteiger partial charge in [0.1, 0.15) is 5.60 Å². The first-order valence-electron chi connectivity index (χ1n) is 8.38. The summed E-state index contributed by atoms with van der Waals surface area (Å²) in [5, 5.41) is 0. The van der Waals surface area contributed by atoms with Gasteiger partial charge in [-0.1, -0.05) is 60.7 Å². The van der Waals surface area contributed by atoms with Gasteiger partial charge in [-0.15, -0.1) is 0 Å². The third-order valence-corrected chi connectivity index (χ3v) is 3.44. The van der Waals surface area contributed by atoms with Crippen molar-refractivity contribution >= 4 is 18.4 Å². The summed E-state index contributed by atoms with van der Waals surface area (Å²) in [6.45, 7) is 6.40. The smallest absolute Gasteiger partial charge is 0.418 e. The molecule has 0 fully saturated rings. The first-order valence-corrected chi connectivity index (χ1v) is 8.38. The van der Waals surface area contributed by atoms with Gasteiger partial charge in [-0.05, 0) is 20.8 Å². The molecule has 2 aromatic rings. The summed E-state index contributed by atoms with van der Waals surface area (Å²) in [6.07, 6.45) is -2.63. The van der Waals surface area contributed by atoms with Crippen molar-refractivity contribution in [2.75, 3.05) is 0 Å². The van der Waals surface area contributed by atoms with Gasteiger partial charge in [0.15, 0.2) is 0 Å². The second-order valence-corrected chi connectivity index (χ2v) is 6.75. The second kappa shape index (κ2) is 8.98. The fraction of sp³-hybridized carbons (Fsp3) is 0.286. The first-order chi connectivity index (χ1) is 12.8. The number of rotatable bonds is 7. The van der Waals surface area contributed by atoms with E-state index in [9.17, 15) is 14.4 Å². The number of hydrogen-bond acceptors (Lipinski definition) is 6. The van der Waals surface area contributed by atoms with Gasteiger partial charge in [0.2, 0.25) is 12.2 Å². The van der Waals surface area contributed by atoms with E-state index in [1.165, 1.54) is 6.47 Å². The molecule has 1 radical (unpaired) electrons. The van der Waals surface area contributed by atoms with Crippen molar-refractivity contribution in [1.29, 1.82) is 0 Å². The minimum Gasteiger partial charge on any atom is -0.457 e. The molecule has 2 unspecified atom stereocenters. The van der Waals surface area contributed by atoms with Crippen LogP contribution < -0.4 is 0 Å². The minimum absolute atomic E-state index is 0.404. The van der Waals surface area contributed by atoms with Gasteiger partial charge in [-0.25, -0.2) is 14.4 Å². The molecule has 0 saturated heterocycles. The quantitative estimate of drug-likeness (QED) is 0.549. The van der Waals surface area contributed by atoms with Crippen LogP contribution in [-0.4, -0.2) is 24.0 Å². The SMILES string of the molecule is CC(C)(C)OC(=O)C(OC(=O)C(O[C]=O)c1ccccc1)c1ccccc1. The third kappa shape index (κ3) is 5.95. The summed E-state index contributed by atoms with van der Waals surface area (Å²) < 4.78 is 15.5. The molecule has 0 spiro atoms. The summed E-state index contributed by atoms with van der Waals surface area (Å²) in [5.41, 5.74) is 0.0893. The molecule has 0 saturated carbocycles. The Balaban J connectivity index is 2.28. The lowest BCUT2D eigenvalue weighted by Crippen LogP contribution is -2.31. The van der Waals surface area contributed by atoms with Gasteiger partial charge in [0.05, 0.1) is 0 Å². The molecule has 27 heavy (non-hydrogen) atoms. The van der Waals surface area contributed by atoms with Crippen LogP contribution in [0.2, 0.25) is 0 Å². The van der Waals surface area contributed by atoms with Crippen molar-refractivity contribution in [3.63, 3.8) is 0 Å². The Morgan fingerprint density at radius 3 is 1.74 bits per heavy atom. The zero-order valence-electron chi connectivity index (χ0n) is 15.4. The lowest BCUT2D eigenvalue weighted by Gasteiger charge is -2.25. The molecule has 0 N–H and O–H groups in total. The van der Waals surface area contributed by atoms with E-state index in [0.717, 1.165) is 0 Å². The zero-order valence-corrected chi connectivity index (χ0v) is 15.4. The summed E-state index contributed by atoms with van der Waals surface area (Å²) >= 11 is 0. The Hall–Kier alpha value is -3.15. The molecule has 0 aliphatic rings. The van der Waals surface area contributed by atoms with Crippen molar-refractivity contribution < 1.29 is 28.6 Å². The highest BCUT2D eigenvalue weighted by Crippen LogP contribution is 2.26. The van der Waals surface area contributed by atoms with Crippen molar-refractivity contribution in [3.8, 4) is 0 Å². The molecular formula is C21H21O6. The molecule has 141 valence electrons. The molecule has 0 bridgehead atoms. The summed E-state index contributed by atoms with van der Waals surface area (Å²) in [7, 11) is 0. The van der Waals surface area contributed by atoms with Crippen LogP contribution in [0.1, 0.15) is 44.1 Å². The topological polar surface area (TPSA) is 78.9 Å². The average Bonchev–Trinajstić information content (AvgIpc) is 2.64. The standard InChI is InChI=1S/C21H21O6/c1-21(2,3)27-20(24)18(16-12-8-5-9-13-16)26-19(23)17(25-14-22)15-10-6-4-7-11-15/h4-13,17-18H,1-3H3. The lowest BCUT2D eigenvalue weighted by molar-refractivity contribution is -0.180.